The van der Waals surface area contributed by atoms with Gasteiger partial charge in [0.2, 0.25) is 0 Å². The molecule has 0 heterocycles. The Balaban J connectivity index is 1.82. The molecule has 0 radical (unpaired) electrons. The van der Waals surface area contributed by atoms with E-state index >= 15 is 0 Å². The lowest BCUT2D eigenvalue weighted by Crippen LogP contribution is -2.61. The zero-order valence-corrected chi connectivity index (χ0v) is 21.1. The summed E-state index contributed by atoms with van der Waals surface area (Å²) < 4.78 is 68.7. The highest BCUT2D eigenvalue weighted by Crippen LogP contribution is 2.63. The highest BCUT2D eigenvalue weighted by molar-refractivity contribution is 7.86. The van der Waals surface area contributed by atoms with Crippen LogP contribution >= 0.6 is 0 Å². The van der Waals surface area contributed by atoms with E-state index in [1.165, 1.54) is 0 Å². The van der Waals surface area contributed by atoms with Gasteiger partial charge in [-0.25, -0.2) is 0 Å². The molecule has 190 valence electrons. The molecule has 0 aromatic rings. The number of esters is 2. The van der Waals surface area contributed by atoms with Gasteiger partial charge in [0.15, 0.2) is 6.61 Å². The van der Waals surface area contributed by atoms with E-state index in [4.69, 9.17) is 14.0 Å². The lowest BCUT2D eigenvalue weighted by atomic mass is 9.48. The molecule has 1 N–H and O–H groups in total. The molecule has 2 unspecified atom stereocenters. The summed E-state index contributed by atoms with van der Waals surface area (Å²) in [4.78, 5) is 26.4. The quantitative estimate of drug-likeness (QED) is 0.425. The first-order chi connectivity index (χ1) is 14.7. The lowest BCUT2D eigenvalue weighted by molar-refractivity contribution is -0.220. The number of ether oxygens (including phenoxy) is 2. The van der Waals surface area contributed by atoms with E-state index in [9.17, 15) is 26.8 Å². The third-order valence-corrected chi connectivity index (χ3v) is 8.35. The van der Waals surface area contributed by atoms with Crippen LogP contribution < -0.4 is 0 Å². The second-order valence-corrected chi connectivity index (χ2v) is 14.2. The second-order valence-electron chi connectivity index (χ2n) is 12.7. The van der Waals surface area contributed by atoms with Gasteiger partial charge >= 0.3 is 27.3 Å². The summed E-state index contributed by atoms with van der Waals surface area (Å²) in [5.74, 6) is -1.44. The molecule has 4 bridgehead atoms. The molecule has 4 aliphatic carbocycles. The summed E-state index contributed by atoms with van der Waals surface area (Å²) >= 11 is 0. The first-order valence-corrected chi connectivity index (χ1v) is 12.9. The summed E-state index contributed by atoms with van der Waals surface area (Å²) in [6, 6.07) is 0. The Labute approximate surface area is 194 Å². The Kier molecular flexibility index (Phi) is 6.27. The molecular weight excluding hydrogens is 458 g/mol. The molecule has 0 aromatic heterocycles. The van der Waals surface area contributed by atoms with Crippen molar-refractivity contribution in [3.63, 3.8) is 0 Å². The largest absolute Gasteiger partial charge is 0.459 e. The smallest absolute Gasteiger partial charge is 0.402 e. The van der Waals surface area contributed by atoms with Crippen molar-refractivity contribution in [1.82, 2.24) is 0 Å². The van der Waals surface area contributed by atoms with E-state index < -0.39 is 44.9 Å². The van der Waals surface area contributed by atoms with Crippen molar-refractivity contribution in [2.75, 3.05) is 6.61 Å². The molecular formula is C23H36F2O7S. The van der Waals surface area contributed by atoms with E-state index in [1.54, 1.807) is 0 Å². The predicted octanol–water partition coefficient (Wildman–Crippen LogP) is 4.60. The number of carbonyl (C=O) groups excluding carboxylic acids is 2. The molecule has 0 amide bonds. The lowest BCUT2D eigenvalue weighted by Gasteiger charge is -2.60. The minimum atomic E-state index is -5.70. The Hall–Kier alpha value is -1.29. The Bertz CT molecular complexity index is 886. The zero-order valence-electron chi connectivity index (χ0n) is 20.2. The average Bonchev–Trinajstić information content (AvgIpc) is 2.53. The number of rotatable bonds is 6. The molecule has 7 nitrogen and oxygen atoms in total. The van der Waals surface area contributed by atoms with Gasteiger partial charge in [-0.05, 0) is 54.8 Å². The Morgan fingerprint density at radius 2 is 1.48 bits per heavy atom. The number of carbonyl (C=O) groups is 2. The normalized spacial score (nSPS) is 32.2. The van der Waals surface area contributed by atoms with Crippen LogP contribution in [0.4, 0.5) is 8.78 Å². The van der Waals surface area contributed by atoms with Gasteiger partial charge < -0.3 is 9.47 Å². The van der Waals surface area contributed by atoms with Crippen LogP contribution in [0.5, 0.6) is 0 Å². The molecule has 4 fully saturated rings. The van der Waals surface area contributed by atoms with Crippen molar-refractivity contribution < 1.29 is 40.8 Å². The molecule has 4 aliphatic rings. The molecule has 10 heteroatoms. The van der Waals surface area contributed by atoms with Gasteiger partial charge in [-0.2, -0.15) is 17.2 Å². The van der Waals surface area contributed by atoms with Gasteiger partial charge in [-0.15, -0.1) is 0 Å². The number of hydrogen-bond acceptors (Lipinski definition) is 6. The van der Waals surface area contributed by atoms with Gasteiger partial charge in [0.05, 0.1) is 11.3 Å². The maximum atomic E-state index is 13.6. The minimum Gasteiger partial charge on any atom is -0.459 e. The number of hydrogen-bond donors (Lipinski definition) is 1. The second kappa shape index (κ2) is 7.86. The number of alkyl halides is 2. The minimum absolute atomic E-state index is 0.0939. The van der Waals surface area contributed by atoms with Crippen LogP contribution in [0.25, 0.3) is 0 Å². The van der Waals surface area contributed by atoms with Crippen molar-refractivity contribution in [1.29, 1.82) is 0 Å². The van der Waals surface area contributed by atoms with E-state index in [0.29, 0.717) is 25.7 Å². The molecule has 4 rings (SSSR count). The molecule has 4 saturated carbocycles. The summed E-state index contributed by atoms with van der Waals surface area (Å²) in [5.41, 5.74) is -2.66. The van der Waals surface area contributed by atoms with Gasteiger partial charge in [0.25, 0.3) is 0 Å². The first kappa shape index (κ1) is 26.3. The fourth-order valence-corrected chi connectivity index (χ4v) is 7.40. The zero-order chi connectivity index (χ0) is 25.3. The topological polar surface area (TPSA) is 107 Å². The molecule has 0 spiro atoms. The van der Waals surface area contributed by atoms with Crippen LogP contribution in [0.2, 0.25) is 0 Å². The summed E-state index contributed by atoms with van der Waals surface area (Å²) in [6.45, 7) is 10.2. The number of halogens is 2. The van der Waals surface area contributed by atoms with E-state index in [2.05, 4.69) is 0 Å². The average molecular weight is 495 g/mol. The maximum absolute atomic E-state index is 13.6. The van der Waals surface area contributed by atoms with Crippen LogP contribution in [0.1, 0.15) is 80.1 Å². The summed E-state index contributed by atoms with van der Waals surface area (Å²) in [5, 5.41) is -4.58. The van der Waals surface area contributed by atoms with Gasteiger partial charge in [-0.3, -0.25) is 14.1 Å². The monoisotopic (exact) mass is 494 g/mol. The van der Waals surface area contributed by atoms with Crippen molar-refractivity contribution in [2.24, 2.45) is 34.0 Å². The van der Waals surface area contributed by atoms with Crippen LogP contribution in [0, 0.1) is 34.0 Å². The van der Waals surface area contributed by atoms with E-state index in [1.807, 2.05) is 41.5 Å². The Morgan fingerprint density at radius 1 is 1.00 bits per heavy atom. The van der Waals surface area contributed by atoms with Crippen molar-refractivity contribution in [3.05, 3.63) is 0 Å². The third-order valence-electron chi connectivity index (χ3n) is 7.47. The van der Waals surface area contributed by atoms with Crippen LogP contribution in [0.15, 0.2) is 0 Å². The third kappa shape index (κ3) is 5.06. The van der Waals surface area contributed by atoms with Crippen molar-refractivity contribution in [3.8, 4) is 0 Å². The van der Waals surface area contributed by atoms with Crippen molar-refractivity contribution in [2.45, 2.75) is 90.9 Å². The van der Waals surface area contributed by atoms with Gasteiger partial charge in [0, 0.05) is 6.42 Å². The first-order valence-electron chi connectivity index (χ1n) is 11.4. The standard InChI is InChI=1S/C23H36F2O7S/c1-19(2,3)16(20(4,5)6)17(26)32-22-10-14-7-15(11-22)9-21(8-14,12-22)18(27)31-13-23(24,25)33(28,29)30/h14-16H,7-13H2,1-6H3,(H,28,29,30). The molecule has 33 heavy (non-hydrogen) atoms. The highest BCUT2D eigenvalue weighted by atomic mass is 32.2. The van der Waals surface area contributed by atoms with Crippen LogP contribution in [-0.4, -0.2) is 42.4 Å². The van der Waals surface area contributed by atoms with Gasteiger partial charge in [-0.1, -0.05) is 41.5 Å². The predicted molar refractivity (Wildman–Crippen MR) is 116 cm³/mol. The molecule has 2 atom stereocenters. The summed E-state index contributed by atoms with van der Waals surface area (Å²) in [7, 11) is -5.70. The summed E-state index contributed by atoms with van der Waals surface area (Å²) in [6.07, 6.45) is 3.15. The fraction of sp³-hybridized carbons (Fsp3) is 0.913. The molecule has 0 aliphatic heterocycles. The SMILES string of the molecule is CC(C)(C)C(C(=O)OC12CC3CC(C1)CC(C(=O)OCC(F)(F)S(=O)(=O)O)(C3)C2)C(C)(C)C. The molecule has 0 aromatic carbocycles. The van der Waals surface area contributed by atoms with E-state index in [0.717, 1.165) is 6.42 Å². The molecule has 0 saturated heterocycles. The van der Waals surface area contributed by atoms with Crippen molar-refractivity contribution >= 4 is 22.1 Å². The van der Waals surface area contributed by atoms with Gasteiger partial charge in [0.1, 0.15) is 5.60 Å². The Morgan fingerprint density at radius 3 is 1.91 bits per heavy atom. The fourth-order valence-electron chi connectivity index (χ4n) is 7.19. The van der Waals surface area contributed by atoms with E-state index in [-0.39, 0.29) is 35.1 Å². The van der Waals surface area contributed by atoms with Crippen LogP contribution in [-0.2, 0) is 29.2 Å². The van der Waals surface area contributed by atoms with Crippen LogP contribution in [0.3, 0.4) is 0 Å². The maximum Gasteiger partial charge on any atom is 0.402 e. The highest BCUT2D eigenvalue weighted by Gasteiger charge is 2.64.